The number of nitrogens with one attached hydrogen (secondary N) is 1. The standard InChI is InChI=1S/C20H21N5O2/c1-25-8-4-16(5-9-25)27-19-10-15(2-7-23-19)24-20(26)18-13-22-12-14-11-21-6-3-17(14)18/h2-3,6-7,10-13,16H,4-5,8-9H2,1H3,(H,23,24,26). The van der Waals surface area contributed by atoms with E-state index in [2.05, 4.69) is 32.2 Å². The first-order valence-electron chi connectivity index (χ1n) is 8.99. The van der Waals surface area contributed by atoms with Gasteiger partial charge in [-0.05, 0) is 32.0 Å². The van der Waals surface area contributed by atoms with Crippen LogP contribution in [0.2, 0.25) is 0 Å². The van der Waals surface area contributed by atoms with Gasteiger partial charge in [-0.2, -0.15) is 0 Å². The van der Waals surface area contributed by atoms with Crippen LogP contribution in [0.4, 0.5) is 5.69 Å². The molecule has 4 rings (SSSR count). The molecule has 1 aliphatic rings. The van der Waals surface area contributed by atoms with Gasteiger partial charge >= 0.3 is 0 Å². The topological polar surface area (TPSA) is 80.2 Å². The van der Waals surface area contributed by atoms with Gasteiger partial charge in [0.1, 0.15) is 6.10 Å². The lowest BCUT2D eigenvalue weighted by atomic mass is 10.1. The molecule has 3 aromatic rings. The van der Waals surface area contributed by atoms with Crippen molar-refractivity contribution in [1.82, 2.24) is 19.9 Å². The van der Waals surface area contributed by atoms with Crippen LogP contribution < -0.4 is 10.1 Å². The minimum Gasteiger partial charge on any atom is -0.474 e. The molecule has 4 heterocycles. The molecule has 0 spiro atoms. The Labute approximate surface area is 157 Å². The summed E-state index contributed by atoms with van der Waals surface area (Å²) < 4.78 is 5.99. The summed E-state index contributed by atoms with van der Waals surface area (Å²) in [5.41, 5.74) is 1.15. The monoisotopic (exact) mass is 363 g/mol. The molecule has 0 aliphatic carbocycles. The van der Waals surface area contributed by atoms with Gasteiger partial charge in [-0.3, -0.25) is 14.8 Å². The molecule has 1 amide bonds. The van der Waals surface area contributed by atoms with Crippen LogP contribution in [0.25, 0.3) is 10.8 Å². The van der Waals surface area contributed by atoms with Gasteiger partial charge in [-0.15, -0.1) is 0 Å². The predicted molar refractivity (Wildman–Crippen MR) is 103 cm³/mol. The number of rotatable bonds is 4. The Morgan fingerprint density at radius 3 is 2.81 bits per heavy atom. The molecule has 1 saturated heterocycles. The van der Waals surface area contributed by atoms with Crippen LogP contribution in [-0.2, 0) is 0 Å². The summed E-state index contributed by atoms with van der Waals surface area (Å²) in [5.74, 6) is 0.304. The van der Waals surface area contributed by atoms with E-state index in [1.54, 1.807) is 43.1 Å². The van der Waals surface area contributed by atoms with E-state index in [1.165, 1.54) is 0 Å². The zero-order valence-electron chi connectivity index (χ0n) is 15.1. The van der Waals surface area contributed by atoms with Crippen molar-refractivity contribution in [2.75, 3.05) is 25.5 Å². The third-order valence-electron chi connectivity index (χ3n) is 4.75. The summed E-state index contributed by atoms with van der Waals surface area (Å²) in [6.45, 7) is 2.04. The zero-order valence-corrected chi connectivity index (χ0v) is 15.1. The van der Waals surface area contributed by atoms with Gasteiger partial charge in [0.05, 0.1) is 5.56 Å². The largest absolute Gasteiger partial charge is 0.474 e. The Morgan fingerprint density at radius 2 is 1.96 bits per heavy atom. The molecule has 0 bridgehead atoms. The lowest BCUT2D eigenvalue weighted by Crippen LogP contribution is -2.35. The van der Waals surface area contributed by atoms with Crippen molar-refractivity contribution in [3.05, 3.63) is 54.7 Å². The molecular formula is C20H21N5O2. The number of carbonyl (C=O) groups is 1. The number of pyridine rings is 3. The van der Waals surface area contributed by atoms with Crippen LogP contribution in [0.1, 0.15) is 23.2 Å². The van der Waals surface area contributed by atoms with Crippen molar-refractivity contribution in [2.45, 2.75) is 18.9 Å². The SMILES string of the molecule is CN1CCC(Oc2cc(NC(=O)c3cncc4cnccc34)ccn2)CC1. The Hall–Kier alpha value is -3.06. The highest BCUT2D eigenvalue weighted by molar-refractivity contribution is 6.12. The van der Waals surface area contributed by atoms with E-state index < -0.39 is 0 Å². The fourth-order valence-electron chi connectivity index (χ4n) is 3.22. The summed E-state index contributed by atoms with van der Waals surface area (Å²) in [6.07, 6.45) is 10.4. The Bertz CT molecular complexity index is 949. The Balaban J connectivity index is 1.48. The Kier molecular flexibility index (Phi) is 4.93. The smallest absolute Gasteiger partial charge is 0.257 e. The average Bonchev–Trinajstić information content (AvgIpc) is 2.69. The summed E-state index contributed by atoms with van der Waals surface area (Å²) in [5, 5.41) is 4.55. The second-order valence-corrected chi connectivity index (χ2v) is 6.74. The number of fused-ring (bicyclic) bond motifs is 1. The number of ether oxygens (including phenoxy) is 1. The molecule has 7 heteroatoms. The molecule has 0 atom stereocenters. The van der Waals surface area contributed by atoms with E-state index in [1.807, 2.05) is 6.07 Å². The second kappa shape index (κ2) is 7.67. The minimum atomic E-state index is -0.226. The van der Waals surface area contributed by atoms with E-state index in [-0.39, 0.29) is 12.0 Å². The quantitative estimate of drug-likeness (QED) is 0.768. The highest BCUT2D eigenvalue weighted by atomic mass is 16.5. The van der Waals surface area contributed by atoms with E-state index in [9.17, 15) is 4.79 Å². The van der Waals surface area contributed by atoms with Gasteiger partial charge < -0.3 is 15.0 Å². The molecule has 3 aromatic heterocycles. The normalized spacial score (nSPS) is 15.6. The molecule has 27 heavy (non-hydrogen) atoms. The summed E-state index contributed by atoms with van der Waals surface area (Å²) in [4.78, 5) is 27.5. The number of piperidine rings is 1. The molecule has 1 N–H and O–H groups in total. The number of nitrogens with zero attached hydrogens (tertiary/aromatic N) is 4. The first-order chi connectivity index (χ1) is 13.2. The maximum Gasteiger partial charge on any atom is 0.257 e. The molecule has 1 fully saturated rings. The second-order valence-electron chi connectivity index (χ2n) is 6.74. The maximum absolute atomic E-state index is 12.7. The van der Waals surface area contributed by atoms with Gasteiger partial charge in [0.15, 0.2) is 0 Å². The molecule has 0 unspecified atom stereocenters. The number of hydrogen-bond donors (Lipinski definition) is 1. The third-order valence-corrected chi connectivity index (χ3v) is 4.75. The van der Waals surface area contributed by atoms with Gasteiger partial charge in [-0.25, -0.2) is 4.98 Å². The van der Waals surface area contributed by atoms with Crippen molar-refractivity contribution >= 4 is 22.4 Å². The number of amides is 1. The average molecular weight is 363 g/mol. The lowest BCUT2D eigenvalue weighted by Gasteiger charge is -2.28. The van der Waals surface area contributed by atoms with E-state index in [4.69, 9.17) is 4.74 Å². The van der Waals surface area contributed by atoms with Crippen molar-refractivity contribution < 1.29 is 9.53 Å². The molecule has 0 saturated carbocycles. The molecule has 0 radical (unpaired) electrons. The summed E-state index contributed by atoms with van der Waals surface area (Å²) >= 11 is 0. The van der Waals surface area contributed by atoms with Crippen LogP contribution in [0.3, 0.4) is 0 Å². The van der Waals surface area contributed by atoms with Crippen LogP contribution in [0, 0.1) is 0 Å². The molecule has 138 valence electrons. The highest BCUT2D eigenvalue weighted by Crippen LogP contribution is 2.21. The fourth-order valence-corrected chi connectivity index (χ4v) is 3.22. The number of hydrogen-bond acceptors (Lipinski definition) is 6. The first kappa shape index (κ1) is 17.4. The van der Waals surface area contributed by atoms with Crippen molar-refractivity contribution in [3.63, 3.8) is 0 Å². The van der Waals surface area contributed by atoms with Crippen molar-refractivity contribution in [2.24, 2.45) is 0 Å². The van der Waals surface area contributed by atoms with Crippen LogP contribution >= 0.6 is 0 Å². The van der Waals surface area contributed by atoms with Gasteiger partial charge in [0.2, 0.25) is 5.88 Å². The highest BCUT2D eigenvalue weighted by Gasteiger charge is 2.19. The lowest BCUT2D eigenvalue weighted by molar-refractivity contribution is 0.102. The van der Waals surface area contributed by atoms with Crippen LogP contribution in [0.5, 0.6) is 5.88 Å². The molecular weight excluding hydrogens is 342 g/mol. The van der Waals surface area contributed by atoms with E-state index in [0.29, 0.717) is 17.1 Å². The molecule has 1 aliphatic heterocycles. The minimum absolute atomic E-state index is 0.161. The molecule has 0 aromatic carbocycles. The Morgan fingerprint density at radius 1 is 1.15 bits per heavy atom. The summed E-state index contributed by atoms with van der Waals surface area (Å²) in [6, 6.07) is 5.32. The number of carbonyl (C=O) groups excluding carboxylic acids is 1. The molecule has 7 nitrogen and oxygen atoms in total. The van der Waals surface area contributed by atoms with Crippen molar-refractivity contribution in [1.29, 1.82) is 0 Å². The predicted octanol–water partition coefficient (Wildman–Crippen LogP) is 2.75. The number of likely N-dealkylation sites (tertiary alicyclic amines) is 1. The zero-order chi connectivity index (χ0) is 18.6. The van der Waals surface area contributed by atoms with Crippen LogP contribution in [-0.4, -0.2) is 52.0 Å². The first-order valence-corrected chi connectivity index (χ1v) is 8.99. The number of aromatic nitrogens is 3. The van der Waals surface area contributed by atoms with Gasteiger partial charge in [0, 0.05) is 66.6 Å². The number of anilines is 1. The van der Waals surface area contributed by atoms with E-state index >= 15 is 0 Å². The maximum atomic E-state index is 12.7. The fraction of sp³-hybridized carbons (Fsp3) is 0.300. The third kappa shape index (κ3) is 4.03. The van der Waals surface area contributed by atoms with E-state index in [0.717, 1.165) is 36.7 Å². The van der Waals surface area contributed by atoms with Gasteiger partial charge in [0.25, 0.3) is 5.91 Å². The van der Waals surface area contributed by atoms with Gasteiger partial charge in [-0.1, -0.05) is 0 Å². The van der Waals surface area contributed by atoms with Crippen molar-refractivity contribution in [3.8, 4) is 5.88 Å². The van der Waals surface area contributed by atoms with Crippen LogP contribution in [0.15, 0.2) is 49.2 Å². The summed E-state index contributed by atoms with van der Waals surface area (Å²) in [7, 11) is 2.11.